The molecule has 2 aliphatic heterocycles. The number of likely N-dealkylation sites (tertiary alicyclic amines) is 2. The largest absolute Gasteiger partial charge is 0.480 e. The first-order valence-corrected chi connectivity index (χ1v) is 6.93. The molecule has 0 radical (unpaired) electrons. The Kier molecular flexibility index (Phi) is 4.58. The lowest BCUT2D eigenvalue weighted by Crippen LogP contribution is -2.45. The Labute approximate surface area is 108 Å². The zero-order chi connectivity index (χ0) is 13.0. The Morgan fingerprint density at radius 1 is 1.00 bits per heavy atom. The molecule has 1 atom stereocenters. The number of amides is 1. The molecule has 5 heteroatoms. The van der Waals surface area contributed by atoms with Gasteiger partial charge in [0, 0.05) is 6.54 Å². The highest BCUT2D eigenvalue weighted by Crippen LogP contribution is 2.18. The number of aliphatic carboxylic acids is 1. The molecule has 0 aliphatic carbocycles. The monoisotopic (exact) mass is 254 g/mol. The summed E-state index contributed by atoms with van der Waals surface area (Å²) in [6.07, 6.45) is 6.19. The minimum Gasteiger partial charge on any atom is -0.480 e. The molecule has 2 fully saturated rings. The predicted molar refractivity (Wildman–Crippen MR) is 67.3 cm³/mol. The lowest BCUT2D eigenvalue weighted by atomic mass is 10.2. The van der Waals surface area contributed by atoms with Crippen molar-refractivity contribution in [1.29, 1.82) is 0 Å². The molecular formula is C13H22N2O3. The van der Waals surface area contributed by atoms with Crippen molar-refractivity contribution in [3.8, 4) is 0 Å². The first kappa shape index (κ1) is 13.3. The van der Waals surface area contributed by atoms with E-state index in [9.17, 15) is 9.59 Å². The number of carbonyl (C=O) groups is 2. The molecule has 5 nitrogen and oxygen atoms in total. The summed E-state index contributed by atoms with van der Waals surface area (Å²) in [6.45, 7) is 2.93. The summed E-state index contributed by atoms with van der Waals surface area (Å²) in [7, 11) is 0. The topological polar surface area (TPSA) is 60.9 Å². The van der Waals surface area contributed by atoms with Gasteiger partial charge in [-0.3, -0.25) is 9.69 Å². The van der Waals surface area contributed by atoms with E-state index in [1.807, 2.05) is 0 Å². The number of hydrogen-bond donors (Lipinski definition) is 1. The van der Waals surface area contributed by atoms with Gasteiger partial charge in [-0.2, -0.15) is 0 Å². The minimum atomic E-state index is -0.864. The van der Waals surface area contributed by atoms with Gasteiger partial charge in [0.15, 0.2) is 0 Å². The number of hydrogen-bond acceptors (Lipinski definition) is 3. The molecule has 2 heterocycles. The number of rotatable bonds is 3. The number of carboxylic acid groups (broad SMARTS) is 1. The number of carboxylic acids is 1. The zero-order valence-electron chi connectivity index (χ0n) is 10.8. The Balaban J connectivity index is 1.88. The van der Waals surface area contributed by atoms with Crippen LogP contribution in [0.2, 0.25) is 0 Å². The molecule has 0 bridgehead atoms. The Morgan fingerprint density at radius 2 is 1.67 bits per heavy atom. The maximum Gasteiger partial charge on any atom is 0.326 e. The molecule has 1 amide bonds. The highest BCUT2D eigenvalue weighted by Gasteiger charge is 2.34. The van der Waals surface area contributed by atoms with Gasteiger partial charge in [-0.25, -0.2) is 4.79 Å². The lowest BCUT2D eigenvalue weighted by molar-refractivity contribution is -0.148. The van der Waals surface area contributed by atoms with Crippen molar-refractivity contribution in [2.24, 2.45) is 0 Å². The van der Waals surface area contributed by atoms with Gasteiger partial charge in [0.05, 0.1) is 6.54 Å². The van der Waals surface area contributed by atoms with E-state index in [0.717, 1.165) is 32.4 Å². The van der Waals surface area contributed by atoms with E-state index in [1.54, 1.807) is 4.90 Å². The summed E-state index contributed by atoms with van der Waals surface area (Å²) in [5.41, 5.74) is 0. The zero-order valence-corrected chi connectivity index (χ0v) is 10.8. The van der Waals surface area contributed by atoms with Gasteiger partial charge >= 0.3 is 5.97 Å². The average Bonchev–Trinajstić information content (AvgIpc) is 2.70. The van der Waals surface area contributed by atoms with Gasteiger partial charge in [-0.15, -0.1) is 0 Å². The smallest absolute Gasteiger partial charge is 0.326 e. The van der Waals surface area contributed by atoms with Crippen LogP contribution in [0, 0.1) is 0 Å². The van der Waals surface area contributed by atoms with Crippen LogP contribution < -0.4 is 0 Å². The first-order valence-electron chi connectivity index (χ1n) is 6.93. The molecule has 18 heavy (non-hydrogen) atoms. The van der Waals surface area contributed by atoms with Crippen molar-refractivity contribution in [2.75, 3.05) is 26.2 Å². The molecule has 0 aromatic carbocycles. The number of nitrogens with zero attached hydrogens (tertiary/aromatic N) is 2. The fraction of sp³-hybridized carbons (Fsp3) is 0.846. The van der Waals surface area contributed by atoms with Crippen molar-refractivity contribution in [3.05, 3.63) is 0 Å². The Bertz CT molecular complexity index is 311. The summed E-state index contributed by atoms with van der Waals surface area (Å²) in [6, 6.07) is -0.593. The van der Waals surface area contributed by atoms with Crippen molar-refractivity contribution in [3.63, 3.8) is 0 Å². The van der Waals surface area contributed by atoms with E-state index in [1.165, 1.54) is 12.8 Å². The highest BCUT2D eigenvalue weighted by atomic mass is 16.4. The maximum absolute atomic E-state index is 12.2. The SMILES string of the molecule is O=C(O)C1CCCN1C(=O)CN1CCCCCC1. The van der Waals surface area contributed by atoms with Crippen molar-refractivity contribution in [1.82, 2.24) is 9.80 Å². The van der Waals surface area contributed by atoms with E-state index in [-0.39, 0.29) is 5.91 Å². The van der Waals surface area contributed by atoms with Crippen LogP contribution in [0.5, 0.6) is 0 Å². The summed E-state index contributed by atoms with van der Waals surface area (Å²) in [5.74, 6) is -0.876. The second-order valence-corrected chi connectivity index (χ2v) is 5.27. The molecule has 1 unspecified atom stereocenters. The van der Waals surface area contributed by atoms with Crippen LogP contribution in [0.15, 0.2) is 0 Å². The summed E-state index contributed by atoms with van der Waals surface area (Å²) in [4.78, 5) is 26.9. The highest BCUT2D eigenvalue weighted by molar-refractivity contribution is 5.85. The molecule has 1 N–H and O–H groups in total. The average molecular weight is 254 g/mol. The second kappa shape index (κ2) is 6.18. The lowest BCUT2D eigenvalue weighted by Gasteiger charge is -2.26. The standard InChI is InChI=1S/C13H22N2O3/c16-12(10-14-7-3-1-2-4-8-14)15-9-5-6-11(15)13(17)18/h11H,1-10H2,(H,17,18). The molecule has 0 aromatic rings. The van der Waals surface area contributed by atoms with Crippen LogP contribution in [0.4, 0.5) is 0 Å². The summed E-state index contributed by atoms with van der Waals surface area (Å²) >= 11 is 0. The van der Waals surface area contributed by atoms with Crippen LogP contribution in [-0.2, 0) is 9.59 Å². The molecule has 102 valence electrons. The molecule has 0 aromatic heterocycles. The van der Waals surface area contributed by atoms with Crippen LogP contribution in [0.1, 0.15) is 38.5 Å². The van der Waals surface area contributed by atoms with Gasteiger partial charge in [-0.05, 0) is 38.8 Å². The summed E-state index contributed by atoms with van der Waals surface area (Å²) in [5, 5.41) is 9.08. The van der Waals surface area contributed by atoms with E-state index >= 15 is 0 Å². The molecule has 0 spiro atoms. The number of carbonyl (C=O) groups excluding carboxylic acids is 1. The van der Waals surface area contributed by atoms with Crippen molar-refractivity contribution < 1.29 is 14.7 Å². The molecular weight excluding hydrogens is 232 g/mol. The van der Waals surface area contributed by atoms with Gasteiger partial charge in [0.25, 0.3) is 0 Å². The third-order valence-corrected chi connectivity index (χ3v) is 3.92. The second-order valence-electron chi connectivity index (χ2n) is 5.27. The van der Waals surface area contributed by atoms with Crippen LogP contribution >= 0.6 is 0 Å². The third kappa shape index (κ3) is 3.22. The predicted octanol–water partition coefficient (Wildman–Crippen LogP) is 0.938. The van der Waals surface area contributed by atoms with Gasteiger partial charge in [-0.1, -0.05) is 12.8 Å². The van der Waals surface area contributed by atoms with Gasteiger partial charge in [0.2, 0.25) is 5.91 Å². The van der Waals surface area contributed by atoms with Crippen LogP contribution in [0.3, 0.4) is 0 Å². The van der Waals surface area contributed by atoms with E-state index in [2.05, 4.69) is 4.90 Å². The fourth-order valence-corrected chi connectivity index (χ4v) is 2.90. The van der Waals surface area contributed by atoms with Gasteiger partial charge < -0.3 is 10.0 Å². The quantitative estimate of drug-likeness (QED) is 0.814. The molecule has 2 aliphatic rings. The minimum absolute atomic E-state index is 0.0122. The first-order chi connectivity index (χ1) is 8.68. The molecule has 2 rings (SSSR count). The van der Waals surface area contributed by atoms with Gasteiger partial charge in [0.1, 0.15) is 6.04 Å². The maximum atomic E-state index is 12.2. The van der Waals surface area contributed by atoms with Crippen LogP contribution in [-0.4, -0.2) is 59.0 Å². The third-order valence-electron chi connectivity index (χ3n) is 3.92. The van der Waals surface area contributed by atoms with E-state index < -0.39 is 12.0 Å². The van der Waals surface area contributed by atoms with E-state index in [4.69, 9.17) is 5.11 Å². The molecule has 0 saturated carbocycles. The fourth-order valence-electron chi connectivity index (χ4n) is 2.90. The van der Waals surface area contributed by atoms with Crippen molar-refractivity contribution in [2.45, 2.75) is 44.6 Å². The Hall–Kier alpha value is -1.10. The van der Waals surface area contributed by atoms with Crippen molar-refractivity contribution >= 4 is 11.9 Å². The normalized spacial score (nSPS) is 26.0. The van der Waals surface area contributed by atoms with E-state index in [0.29, 0.717) is 19.5 Å². The summed E-state index contributed by atoms with van der Waals surface area (Å²) < 4.78 is 0. The Morgan fingerprint density at radius 3 is 2.28 bits per heavy atom. The van der Waals surface area contributed by atoms with Crippen LogP contribution in [0.25, 0.3) is 0 Å². The molecule has 2 saturated heterocycles.